The number of anilines is 1. The Morgan fingerprint density at radius 3 is 2.60 bits per heavy atom. The zero-order chi connectivity index (χ0) is 31.5. The molecule has 2 heterocycles. The molecule has 0 saturated heterocycles. The molecule has 0 radical (unpaired) electrons. The second-order valence-corrected chi connectivity index (χ2v) is 9.98. The molecule has 4 aromatic carbocycles. The highest BCUT2D eigenvalue weighted by Crippen LogP contribution is 2.33. The zero-order valence-corrected chi connectivity index (χ0v) is 24.1. The molecule has 12 nitrogen and oxygen atoms in total. The molecule has 0 aliphatic heterocycles. The van der Waals surface area contributed by atoms with Crippen molar-refractivity contribution in [1.29, 1.82) is 0 Å². The fourth-order valence-corrected chi connectivity index (χ4v) is 4.69. The molecule has 224 valence electrons. The number of furan rings is 1. The fourth-order valence-electron chi connectivity index (χ4n) is 4.69. The Hall–Kier alpha value is -6.30. The first kappa shape index (κ1) is 28.8. The number of carbonyl (C=O) groups is 1. The topological polar surface area (TPSA) is 151 Å². The highest BCUT2D eigenvalue weighted by Gasteiger charge is 2.19. The third kappa shape index (κ3) is 5.97. The van der Waals surface area contributed by atoms with Gasteiger partial charge in [-0.15, -0.1) is 0 Å². The number of hydrogen-bond donors (Lipinski definition) is 1. The Kier molecular flexibility index (Phi) is 7.76. The van der Waals surface area contributed by atoms with Gasteiger partial charge in [-0.05, 0) is 55.5 Å². The number of nitrogens with zero attached hydrogens (tertiary/aromatic N) is 4. The van der Waals surface area contributed by atoms with Crippen LogP contribution in [0.5, 0.6) is 11.5 Å². The highest BCUT2D eigenvalue weighted by molar-refractivity contribution is 5.92. The smallest absolute Gasteiger partial charge is 0.282 e. The molecule has 1 amide bonds. The minimum absolute atomic E-state index is 0.0959. The van der Waals surface area contributed by atoms with Crippen LogP contribution in [0.3, 0.4) is 0 Å². The predicted octanol–water partition coefficient (Wildman–Crippen LogP) is 5.93. The lowest BCUT2D eigenvalue weighted by atomic mass is 10.2. The number of ether oxygens (including phenoxy) is 2. The molecule has 45 heavy (non-hydrogen) atoms. The summed E-state index contributed by atoms with van der Waals surface area (Å²) in [7, 11) is 1.54. The fraction of sp³-hybridized carbons (Fsp3) is 0.0909. The number of nitrogens with one attached hydrogen (secondary N) is 1. The lowest BCUT2D eigenvalue weighted by Gasteiger charge is -2.11. The number of aromatic nitrogens is 2. The molecule has 0 aliphatic rings. The molecule has 12 heteroatoms. The standard InChI is InChI=1S/C33H25N5O7/c1-20-10-12-22(13-11-20)35-31(39)19-44-27-15-14-23(38(41)42)16-21(27)18-34-37-32(36-26-7-4-3-6-24(26)33(37)40)30-17-25-28(43-2)8-5-9-29(25)45-30/h3-18H,19H2,1-2H3,(H,35,39). The van der Waals surface area contributed by atoms with Crippen molar-refractivity contribution in [2.24, 2.45) is 5.10 Å². The van der Waals surface area contributed by atoms with E-state index in [4.69, 9.17) is 13.9 Å². The van der Waals surface area contributed by atoms with Gasteiger partial charge in [0, 0.05) is 23.4 Å². The van der Waals surface area contributed by atoms with Crippen LogP contribution in [0.2, 0.25) is 0 Å². The van der Waals surface area contributed by atoms with Crippen molar-refractivity contribution in [3.63, 3.8) is 0 Å². The number of hydrogen-bond acceptors (Lipinski definition) is 9. The van der Waals surface area contributed by atoms with Gasteiger partial charge < -0.3 is 19.2 Å². The first-order valence-corrected chi connectivity index (χ1v) is 13.7. The minimum Gasteiger partial charge on any atom is -0.496 e. The number of carbonyl (C=O) groups excluding carboxylic acids is 1. The Labute approximate surface area is 255 Å². The predicted molar refractivity (Wildman–Crippen MR) is 169 cm³/mol. The van der Waals surface area contributed by atoms with Gasteiger partial charge in [0.15, 0.2) is 12.4 Å². The van der Waals surface area contributed by atoms with Crippen molar-refractivity contribution in [1.82, 2.24) is 9.66 Å². The largest absolute Gasteiger partial charge is 0.496 e. The van der Waals surface area contributed by atoms with E-state index in [-0.39, 0.29) is 35.2 Å². The van der Waals surface area contributed by atoms with E-state index >= 15 is 0 Å². The van der Waals surface area contributed by atoms with Crippen LogP contribution in [0, 0.1) is 17.0 Å². The van der Waals surface area contributed by atoms with Crippen molar-refractivity contribution >= 4 is 45.4 Å². The van der Waals surface area contributed by atoms with E-state index in [1.54, 1.807) is 67.8 Å². The summed E-state index contributed by atoms with van der Waals surface area (Å²) in [6.07, 6.45) is 1.24. The van der Waals surface area contributed by atoms with Crippen LogP contribution in [0.25, 0.3) is 33.5 Å². The lowest BCUT2D eigenvalue weighted by molar-refractivity contribution is -0.384. The van der Waals surface area contributed by atoms with E-state index in [0.29, 0.717) is 33.3 Å². The highest BCUT2D eigenvalue weighted by atomic mass is 16.6. The summed E-state index contributed by atoms with van der Waals surface area (Å²) in [5.74, 6) is 0.625. The molecule has 0 bridgehead atoms. The quantitative estimate of drug-likeness (QED) is 0.121. The van der Waals surface area contributed by atoms with Crippen molar-refractivity contribution in [3.8, 4) is 23.1 Å². The second kappa shape index (κ2) is 12.1. The third-order valence-corrected chi connectivity index (χ3v) is 6.93. The first-order valence-electron chi connectivity index (χ1n) is 13.7. The summed E-state index contributed by atoms with van der Waals surface area (Å²) >= 11 is 0. The normalized spacial score (nSPS) is 11.2. The van der Waals surface area contributed by atoms with Gasteiger partial charge in [-0.3, -0.25) is 19.7 Å². The molecule has 6 rings (SSSR count). The first-order chi connectivity index (χ1) is 21.8. The maximum absolute atomic E-state index is 13.7. The SMILES string of the molecule is COc1cccc2oc(-c3nc4ccccc4c(=O)n3N=Cc3cc([N+](=O)[O-])ccc3OCC(=O)Nc3ccc(C)cc3)cc12. The van der Waals surface area contributed by atoms with Gasteiger partial charge in [-0.1, -0.05) is 35.9 Å². The van der Waals surface area contributed by atoms with Crippen LogP contribution in [0.4, 0.5) is 11.4 Å². The molecule has 2 aromatic heterocycles. The average Bonchev–Trinajstić information content (AvgIpc) is 3.49. The minimum atomic E-state index is -0.567. The Bertz CT molecular complexity index is 2170. The Morgan fingerprint density at radius 2 is 1.82 bits per heavy atom. The van der Waals surface area contributed by atoms with Gasteiger partial charge in [0.05, 0.1) is 34.5 Å². The van der Waals surface area contributed by atoms with Crippen LogP contribution >= 0.6 is 0 Å². The third-order valence-electron chi connectivity index (χ3n) is 6.93. The number of nitro benzene ring substituents is 1. The van der Waals surface area contributed by atoms with Crippen molar-refractivity contribution in [2.45, 2.75) is 6.92 Å². The molecule has 6 aromatic rings. The van der Waals surface area contributed by atoms with Gasteiger partial charge in [-0.25, -0.2) is 4.98 Å². The lowest BCUT2D eigenvalue weighted by Crippen LogP contribution is -2.21. The number of amides is 1. The van der Waals surface area contributed by atoms with E-state index in [1.807, 2.05) is 19.1 Å². The van der Waals surface area contributed by atoms with Crippen molar-refractivity contribution in [2.75, 3.05) is 19.0 Å². The maximum Gasteiger partial charge on any atom is 0.282 e. The van der Waals surface area contributed by atoms with E-state index in [1.165, 1.54) is 24.4 Å². The van der Waals surface area contributed by atoms with Crippen molar-refractivity contribution < 1.29 is 23.6 Å². The number of nitro groups is 1. The second-order valence-electron chi connectivity index (χ2n) is 9.98. The van der Waals surface area contributed by atoms with E-state index in [9.17, 15) is 19.7 Å². The van der Waals surface area contributed by atoms with E-state index in [2.05, 4.69) is 15.4 Å². The molecular weight excluding hydrogens is 578 g/mol. The van der Waals surface area contributed by atoms with Gasteiger partial charge in [-0.2, -0.15) is 9.78 Å². The van der Waals surface area contributed by atoms with Crippen molar-refractivity contribution in [3.05, 3.63) is 123 Å². The molecule has 0 spiro atoms. The summed E-state index contributed by atoms with van der Waals surface area (Å²) in [4.78, 5) is 42.0. The van der Waals surface area contributed by atoms with Crippen LogP contribution in [-0.2, 0) is 4.79 Å². The summed E-state index contributed by atoms with van der Waals surface area (Å²) in [6, 6.07) is 24.9. The maximum atomic E-state index is 13.7. The molecule has 0 unspecified atom stereocenters. The molecule has 1 N–H and O–H groups in total. The molecule has 0 aliphatic carbocycles. The zero-order valence-electron chi connectivity index (χ0n) is 24.1. The molecule has 0 fully saturated rings. The van der Waals surface area contributed by atoms with Crippen LogP contribution in [0.1, 0.15) is 11.1 Å². The summed E-state index contributed by atoms with van der Waals surface area (Å²) in [5, 5.41) is 19.7. The molecular formula is C33H25N5O7. The summed E-state index contributed by atoms with van der Waals surface area (Å²) < 4.78 is 18.3. The van der Waals surface area contributed by atoms with Gasteiger partial charge in [0.25, 0.3) is 17.2 Å². The van der Waals surface area contributed by atoms with Crippen LogP contribution in [0.15, 0.2) is 105 Å². The molecule has 0 atom stereocenters. The van der Waals surface area contributed by atoms with Crippen LogP contribution in [-0.4, -0.2) is 40.4 Å². The number of methoxy groups -OCH3 is 1. The number of rotatable bonds is 9. The van der Waals surface area contributed by atoms with E-state index in [0.717, 1.165) is 10.2 Å². The average molecular weight is 604 g/mol. The van der Waals surface area contributed by atoms with E-state index < -0.39 is 16.4 Å². The van der Waals surface area contributed by atoms with Gasteiger partial charge in [0.2, 0.25) is 5.82 Å². The Morgan fingerprint density at radius 1 is 1.02 bits per heavy atom. The van der Waals surface area contributed by atoms with Gasteiger partial charge >= 0.3 is 0 Å². The summed E-state index contributed by atoms with van der Waals surface area (Å²) in [5.41, 5.74) is 2.01. The number of para-hydroxylation sites is 1. The molecule has 0 saturated carbocycles. The van der Waals surface area contributed by atoms with Gasteiger partial charge in [0.1, 0.15) is 17.1 Å². The number of benzene rings is 4. The monoisotopic (exact) mass is 603 g/mol. The summed E-state index contributed by atoms with van der Waals surface area (Å²) in [6.45, 7) is 1.56. The Balaban J connectivity index is 1.39. The number of fused-ring (bicyclic) bond motifs is 2. The van der Waals surface area contributed by atoms with Crippen LogP contribution < -0.4 is 20.3 Å². The number of non-ortho nitro benzene ring substituents is 1. The number of aryl methyl sites for hydroxylation is 1.